The number of carbonyl (C=O) groups excluding carboxylic acids is 1. The van der Waals surface area contributed by atoms with Crippen LogP contribution < -0.4 is 10.6 Å². The number of nitrogens with one attached hydrogen (secondary N) is 2. The van der Waals surface area contributed by atoms with Crippen molar-refractivity contribution in [2.75, 3.05) is 18.4 Å². The number of hydrogen-bond donors (Lipinski definition) is 2. The van der Waals surface area contributed by atoms with Gasteiger partial charge in [-0.2, -0.15) is 13.2 Å². The van der Waals surface area contributed by atoms with Crippen molar-refractivity contribution >= 4 is 23.2 Å². The Hall–Kier alpha value is -1.27. The van der Waals surface area contributed by atoms with Crippen LogP contribution in [0.4, 0.5) is 18.9 Å². The summed E-state index contributed by atoms with van der Waals surface area (Å²) in [6.07, 6.45) is 7.95. The summed E-state index contributed by atoms with van der Waals surface area (Å²) < 4.78 is 38.2. The third kappa shape index (κ3) is 10.9. The van der Waals surface area contributed by atoms with Gasteiger partial charge in [-0.1, -0.05) is 76.3 Å². The van der Waals surface area contributed by atoms with E-state index in [-0.39, 0.29) is 17.3 Å². The Balaban J connectivity index is 2.12. The lowest BCUT2D eigenvalue weighted by molar-refractivity contribution is -0.137. The zero-order chi connectivity index (χ0) is 20.8. The molecule has 1 amide bonds. The van der Waals surface area contributed by atoms with Crippen LogP contribution in [0.5, 0.6) is 0 Å². The van der Waals surface area contributed by atoms with E-state index < -0.39 is 17.6 Å². The lowest BCUT2D eigenvalue weighted by Gasteiger charge is -2.12. The van der Waals surface area contributed by atoms with Gasteiger partial charge < -0.3 is 10.6 Å². The van der Waals surface area contributed by atoms with Crippen LogP contribution in [0.3, 0.4) is 0 Å². The molecule has 0 aromatic heterocycles. The number of unbranched alkanes of at least 4 members (excludes halogenated alkanes) is 9. The first kappa shape index (κ1) is 24.8. The van der Waals surface area contributed by atoms with E-state index >= 15 is 0 Å². The molecule has 0 radical (unpaired) electrons. The second kappa shape index (κ2) is 13.8. The predicted octanol–water partition coefficient (Wildman–Crippen LogP) is 6.81. The summed E-state index contributed by atoms with van der Waals surface area (Å²) >= 11 is 5.87. The van der Waals surface area contributed by atoms with Crippen molar-refractivity contribution in [3.63, 3.8) is 0 Å². The first-order chi connectivity index (χ1) is 13.3. The van der Waals surface area contributed by atoms with Crippen molar-refractivity contribution in [2.45, 2.75) is 77.3 Å². The van der Waals surface area contributed by atoms with Crippen molar-refractivity contribution in [3.05, 3.63) is 28.8 Å². The third-order valence-corrected chi connectivity index (χ3v) is 4.89. The van der Waals surface area contributed by atoms with E-state index in [1.54, 1.807) is 0 Å². The second-order valence-electron chi connectivity index (χ2n) is 7.10. The molecule has 0 atom stereocenters. The molecule has 7 heteroatoms. The van der Waals surface area contributed by atoms with Gasteiger partial charge in [0.25, 0.3) is 0 Å². The molecule has 0 unspecified atom stereocenters. The van der Waals surface area contributed by atoms with E-state index in [9.17, 15) is 18.0 Å². The van der Waals surface area contributed by atoms with E-state index in [0.29, 0.717) is 6.54 Å². The fraction of sp³-hybridized carbons (Fsp3) is 0.667. The van der Waals surface area contributed by atoms with E-state index in [0.717, 1.165) is 31.0 Å². The maximum atomic E-state index is 12.7. The predicted molar refractivity (Wildman–Crippen MR) is 110 cm³/mol. The van der Waals surface area contributed by atoms with Gasteiger partial charge in [0.05, 0.1) is 22.8 Å². The van der Waals surface area contributed by atoms with Gasteiger partial charge in [-0.05, 0) is 31.2 Å². The molecule has 3 nitrogen and oxygen atoms in total. The Bertz CT molecular complexity index is 579. The number of hydrogen-bond acceptors (Lipinski definition) is 2. The fourth-order valence-electron chi connectivity index (χ4n) is 2.93. The Labute approximate surface area is 171 Å². The molecule has 2 N–H and O–H groups in total. The smallest absolute Gasteiger partial charge is 0.324 e. The van der Waals surface area contributed by atoms with Crippen LogP contribution in [0.15, 0.2) is 18.2 Å². The molecular weight excluding hydrogens is 389 g/mol. The van der Waals surface area contributed by atoms with Crippen LogP contribution in [0.2, 0.25) is 5.02 Å². The number of anilines is 1. The number of rotatable bonds is 14. The average molecular weight is 421 g/mol. The molecule has 0 aliphatic heterocycles. The third-order valence-electron chi connectivity index (χ3n) is 4.56. The lowest BCUT2D eigenvalue weighted by Crippen LogP contribution is -2.29. The average Bonchev–Trinajstić information content (AvgIpc) is 2.63. The summed E-state index contributed by atoms with van der Waals surface area (Å²) in [5.74, 6) is -0.409. The summed E-state index contributed by atoms with van der Waals surface area (Å²) in [5, 5.41) is 5.53. The van der Waals surface area contributed by atoms with Crippen LogP contribution in [0.1, 0.15) is 76.7 Å². The van der Waals surface area contributed by atoms with E-state index in [1.165, 1.54) is 51.4 Å². The first-order valence-corrected chi connectivity index (χ1v) is 10.6. The van der Waals surface area contributed by atoms with Crippen LogP contribution in [0, 0.1) is 0 Å². The monoisotopic (exact) mass is 420 g/mol. The van der Waals surface area contributed by atoms with Crippen LogP contribution in [-0.4, -0.2) is 19.0 Å². The first-order valence-electron chi connectivity index (χ1n) is 10.2. The van der Waals surface area contributed by atoms with Gasteiger partial charge in [0.1, 0.15) is 0 Å². The van der Waals surface area contributed by atoms with Crippen LogP contribution in [-0.2, 0) is 11.0 Å². The van der Waals surface area contributed by atoms with Gasteiger partial charge in [-0.3, -0.25) is 4.79 Å². The molecule has 0 heterocycles. The topological polar surface area (TPSA) is 41.1 Å². The SMILES string of the molecule is CCCCCCCCCCCCNCC(=O)Nc1cc(C(F)(F)F)ccc1Cl. The molecule has 28 heavy (non-hydrogen) atoms. The number of halogens is 4. The Morgan fingerprint density at radius 1 is 0.964 bits per heavy atom. The highest BCUT2D eigenvalue weighted by atomic mass is 35.5. The lowest BCUT2D eigenvalue weighted by atomic mass is 10.1. The van der Waals surface area contributed by atoms with E-state index in [1.807, 2.05) is 0 Å². The Morgan fingerprint density at radius 2 is 1.54 bits per heavy atom. The van der Waals surface area contributed by atoms with Gasteiger partial charge in [0, 0.05) is 0 Å². The molecule has 0 aliphatic rings. The summed E-state index contributed by atoms with van der Waals surface area (Å²) in [5.41, 5.74) is -0.868. The Morgan fingerprint density at radius 3 is 2.11 bits per heavy atom. The van der Waals surface area contributed by atoms with E-state index in [4.69, 9.17) is 11.6 Å². The zero-order valence-electron chi connectivity index (χ0n) is 16.6. The molecule has 1 rings (SSSR count). The zero-order valence-corrected chi connectivity index (χ0v) is 17.4. The maximum Gasteiger partial charge on any atom is 0.416 e. The standard InChI is InChI=1S/C21H32ClF3N2O/c1-2-3-4-5-6-7-8-9-10-11-14-26-16-20(28)27-19-15-17(21(23,24)25)12-13-18(19)22/h12-13,15,26H,2-11,14,16H2,1H3,(H,27,28). The molecule has 0 bridgehead atoms. The second-order valence-corrected chi connectivity index (χ2v) is 7.51. The minimum absolute atomic E-state index is 0.0257. The van der Waals surface area contributed by atoms with Gasteiger partial charge in [0.15, 0.2) is 0 Å². The summed E-state index contributed by atoms with van der Waals surface area (Å²) in [6.45, 7) is 2.97. The minimum Gasteiger partial charge on any atom is -0.324 e. The fourth-order valence-corrected chi connectivity index (χ4v) is 3.10. The summed E-state index contributed by atoms with van der Waals surface area (Å²) in [7, 11) is 0. The molecule has 0 fully saturated rings. The number of alkyl halides is 3. The summed E-state index contributed by atoms with van der Waals surface area (Å²) in [4.78, 5) is 11.9. The van der Waals surface area contributed by atoms with Crippen LogP contribution in [0.25, 0.3) is 0 Å². The van der Waals surface area contributed by atoms with Gasteiger partial charge in [-0.25, -0.2) is 0 Å². The molecule has 0 spiro atoms. The van der Waals surface area contributed by atoms with Gasteiger partial charge in [-0.15, -0.1) is 0 Å². The Kier molecular flexibility index (Phi) is 12.2. The van der Waals surface area contributed by atoms with Crippen molar-refractivity contribution < 1.29 is 18.0 Å². The molecule has 0 saturated heterocycles. The van der Waals surface area contributed by atoms with Crippen LogP contribution >= 0.6 is 11.6 Å². The summed E-state index contributed by atoms with van der Waals surface area (Å²) in [6, 6.07) is 2.88. The molecule has 0 saturated carbocycles. The van der Waals surface area contributed by atoms with Crippen molar-refractivity contribution in [1.82, 2.24) is 5.32 Å². The molecule has 1 aromatic rings. The number of amides is 1. The van der Waals surface area contributed by atoms with Crippen molar-refractivity contribution in [2.24, 2.45) is 0 Å². The normalized spacial score (nSPS) is 11.6. The highest BCUT2D eigenvalue weighted by Crippen LogP contribution is 2.33. The van der Waals surface area contributed by atoms with Gasteiger partial charge in [0.2, 0.25) is 5.91 Å². The highest BCUT2D eigenvalue weighted by molar-refractivity contribution is 6.33. The quantitative estimate of drug-likeness (QED) is 0.324. The number of benzene rings is 1. The highest BCUT2D eigenvalue weighted by Gasteiger charge is 2.31. The molecular formula is C21H32ClF3N2O. The molecule has 160 valence electrons. The maximum absolute atomic E-state index is 12.7. The van der Waals surface area contributed by atoms with Crippen molar-refractivity contribution in [3.8, 4) is 0 Å². The largest absolute Gasteiger partial charge is 0.416 e. The number of carbonyl (C=O) groups is 1. The molecule has 1 aromatic carbocycles. The van der Waals surface area contributed by atoms with Gasteiger partial charge >= 0.3 is 6.18 Å². The molecule has 0 aliphatic carbocycles. The van der Waals surface area contributed by atoms with E-state index in [2.05, 4.69) is 17.6 Å². The van der Waals surface area contributed by atoms with Crippen molar-refractivity contribution in [1.29, 1.82) is 0 Å². The minimum atomic E-state index is -4.47.